The monoisotopic (exact) mass is 248 g/mol. The van der Waals surface area contributed by atoms with Crippen molar-refractivity contribution >= 4 is 11.6 Å². The van der Waals surface area contributed by atoms with Crippen LogP contribution in [0.15, 0.2) is 24.3 Å². The smallest absolute Gasteiger partial charge is 0.253 e. The number of nitrogens with one attached hydrogen (secondary N) is 2. The van der Waals surface area contributed by atoms with Crippen molar-refractivity contribution < 1.29 is 9.53 Å². The number of rotatable bonds is 5. The van der Waals surface area contributed by atoms with E-state index in [2.05, 4.69) is 17.6 Å². The van der Waals surface area contributed by atoms with Gasteiger partial charge in [-0.1, -0.05) is 19.1 Å². The number of hydrogen-bond donors (Lipinski definition) is 2. The average molecular weight is 248 g/mol. The molecule has 1 saturated heterocycles. The first-order valence-corrected chi connectivity index (χ1v) is 6.52. The molecular weight excluding hydrogens is 228 g/mol. The van der Waals surface area contributed by atoms with Gasteiger partial charge in [0.25, 0.3) is 5.91 Å². The zero-order valence-electron chi connectivity index (χ0n) is 10.7. The van der Waals surface area contributed by atoms with Gasteiger partial charge in [-0.05, 0) is 25.0 Å². The Kier molecular flexibility index (Phi) is 4.59. The van der Waals surface area contributed by atoms with Crippen molar-refractivity contribution in [3.05, 3.63) is 29.8 Å². The Hall–Kier alpha value is -1.55. The van der Waals surface area contributed by atoms with Crippen LogP contribution < -0.4 is 10.6 Å². The SMILES string of the molecule is CCCNc1ccccc1C(=O)NC1CCOC1. The average Bonchev–Trinajstić information content (AvgIpc) is 2.89. The van der Waals surface area contributed by atoms with Gasteiger partial charge in [-0.3, -0.25) is 4.79 Å². The summed E-state index contributed by atoms with van der Waals surface area (Å²) in [6.45, 7) is 4.33. The Morgan fingerprint density at radius 3 is 3.00 bits per heavy atom. The molecule has 1 atom stereocenters. The number of benzene rings is 1. The molecular formula is C14H20N2O2. The van der Waals surface area contributed by atoms with E-state index in [1.165, 1.54) is 0 Å². The second-order valence-electron chi connectivity index (χ2n) is 4.51. The van der Waals surface area contributed by atoms with Crippen LogP contribution in [0, 0.1) is 0 Å². The van der Waals surface area contributed by atoms with Gasteiger partial charge in [0, 0.05) is 18.8 Å². The van der Waals surface area contributed by atoms with Crippen molar-refractivity contribution in [2.45, 2.75) is 25.8 Å². The minimum Gasteiger partial charge on any atom is -0.384 e. The molecule has 1 aliphatic heterocycles. The predicted molar refractivity (Wildman–Crippen MR) is 71.9 cm³/mol. The highest BCUT2D eigenvalue weighted by molar-refractivity contribution is 5.99. The number of carbonyl (C=O) groups is 1. The fourth-order valence-electron chi connectivity index (χ4n) is 2.01. The molecule has 1 unspecified atom stereocenters. The van der Waals surface area contributed by atoms with Gasteiger partial charge in [-0.15, -0.1) is 0 Å². The largest absolute Gasteiger partial charge is 0.384 e. The highest BCUT2D eigenvalue weighted by atomic mass is 16.5. The number of para-hydroxylation sites is 1. The van der Waals surface area contributed by atoms with Crippen LogP contribution in [0.25, 0.3) is 0 Å². The lowest BCUT2D eigenvalue weighted by Crippen LogP contribution is -2.35. The van der Waals surface area contributed by atoms with Crippen LogP contribution >= 0.6 is 0 Å². The number of anilines is 1. The second kappa shape index (κ2) is 6.40. The van der Waals surface area contributed by atoms with Gasteiger partial charge in [0.05, 0.1) is 18.2 Å². The fourth-order valence-corrected chi connectivity index (χ4v) is 2.01. The standard InChI is InChI=1S/C14H20N2O2/c1-2-8-15-13-6-4-3-5-12(13)14(17)16-11-7-9-18-10-11/h3-6,11,15H,2,7-10H2,1H3,(H,16,17). The molecule has 4 nitrogen and oxygen atoms in total. The lowest BCUT2D eigenvalue weighted by molar-refractivity contribution is 0.0930. The maximum atomic E-state index is 12.2. The van der Waals surface area contributed by atoms with Crippen LogP contribution in [0.1, 0.15) is 30.1 Å². The summed E-state index contributed by atoms with van der Waals surface area (Å²) in [5, 5.41) is 6.28. The third-order valence-corrected chi connectivity index (χ3v) is 3.00. The lowest BCUT2D eigenvalue weighted by atomic mass is 10.1. The molecule has 1 heterocycles. The third kappa shape index (κ3) is 3.23. The molecule has 1 aromatic rings. The number of ether oxygens (including phenoxy) is 1. The molecule has 1 amide bonds. The molecule has 0 aromatic heterocycles. The van der Waals surface area contributed by atoms with Gasteiger partial charge in [0.15, 0.2) is 0 Å². The zero-order valence-corrected chi connectivity index (χ0v) is 10.7. The van der Waals surface area contributed by atoms with E-state index in [9.17, 15) is 4.79 Å². The van der Waals surface area contributed by atoms with Crippen molar-refractivity contribution in [2.24, 2.45) is 0 Å². The number of amides is 1. The second-order valence-corrected chi connectivity index (χ2v) is 4.51. The summed E-state index contributed by atoms with van der Waals surface area (Å²) in [6, 6.07) is 7.76. The minimum atomic E-state index is -0.0234. The van der Waals surface area contributed by atoms with Crippen LogP contribution in [0.3, 0.4) is 0 Å². The summed E-state index contributed by atoms with van der Waals surface area (Å²) in [6.07, 6.45) is 1.93. The summed E-state index contributed by atoms with van der Waals surface area (Å²) in [5.74, 6) is -0.0234. The summed E-state index contributed by atoms with van der Waals surface area (Å²) < 4.78 is 5.26. The minimum absolute atomic E-state index is 0.0234. The van der Waals surface area contributed by atoms with E-state index >= 15 is 0 Å². The number of hydrogen-bond acceptors (Lipinski definition) is 3. The molecule has 98 valence electrons. The van der Waals surface area contributed by atoms with Gasteiger partial charge >= 0.3 is 0 Å². The summed E-state index contributed by atoms with van der Waals surface area (Å²) >= 11 is 0. The van der Waals surface area contributed by atoms with E-state index in [0.29, 0.717) is 12.2 Å². The van der Waals surface area contributed by atoms with Gasteiger partial charge < -0.3 is 15.4 Å². The summed E-state index contributed by atoms with van der Waals surface area (Å²) in [5.41, 5.74) is 1.61. The van der Waals surface area contributed by atoms with E-state index in [0.717, 1.165) is 31.7 Å². The first kappa shape index (κ1) is 12.9. The van der Waals surface area contributed by atoms with Gasteiger partial charge in [0.1, 0.15) is 0 Å². The quantitative estimate of drug-likeness (QED) is 0.838. The van der Waals surface area contributed by atoms with Crippen molar-refractivity contribution in [3.8, 4) is 0 Å². The molecule has 0 saturated carbocycles. The Morgan fingerprint density at radius 1 is 1.44 bits per heavy atom. The van der Waals surface area contributed by atoms with Crippen LogP contribution in [0.2, 0.25) is 0 Å². The molecule has 0 radical (unpaired) electrons. The molecule has 2 rings (SSSR count). The van der Waals surface area contributed by atoms with Gasteiger partial charge in [-0.25, -0.2) is 0 Å². The molecule has 18 heavy (non-hydrogen) atoms. The first-order valence-electron chi connectivity index (χ1n) is 6.52. The van der Waals surface area contributed by atoms with Crippen molar-refractivity contribution in [1.29, 1.82) is 0 Å². The maximum Gasteiger partial charge on any atom is 0.253 e. The highest BCUT2D eigenvalue weighted by Crippen LogP contribution is 2.15. The third-order valence-electron chi connectivity index (χ3n) is 3.00. The molecule has 1 aromatic carbocycles. The molecule has 4 heteroatoms. The Labute approximate surface area is 108 Å². The Balaban J connectivity index is 2.03. The van der Waals surface area contributed by atoms with Crippen LogP contribution in [-0.4, -0.2) is 31.7 Å². The fraction of sp³-hybridized carbons (Fsp3) is 0.500. The lowest BCUT2D eigenvalue weighted by Gasteiger charge is -2.14. The number of carbonyl (C=O) groups excluding carboxylic acids is 1. The molecule has 0 aliphatic carbocycles. The van der Waals surface area contributed by atoms with E-state index in [1.807, 2.05) is 24.3 Å². The van der Waals surface area contributed by atoms with E-state index in [4.69, 9.17) is 4.74 Å². The zero-order chi connectivity index (χ0) is 12.8. The normalized spacial score (nSPS) is 18.6. The summed E-state index contributed by atoms with van der Waals surface area (Å²) in [4.78, 5) is 12.2. The molecule has 0 bridgehead atoms. The van der Waals surface area contributed by atoms with E-state index < -0.39 is 0 Å². The molecule has 1 aliphatic rings. The van der Waals surface area contributed by atoms with Crippen molar-refractivity contribution in [2.75, 3.05) is 25.1 Å². The van der Waals surface area contributed by atoms with Gasteiger partial charge in [0.2, 0.25) is 0 Å². The van der Waals surface area contributed by atoms with Crippen LogP contribution in [0.5, 0.6) is 0 Å². The molecule has 0 spiro atoms. The predicted octanol–water partition coefficient (Wildman–Crippen LogP) is 2.03. The highest BCUT2D eigenvalue weighted by Gasteiger charge is 2.19. The van der Waals surface area contributed by atoms with Crippen LogP contribution in [0.4, 0.5) is 5.69 Å². The molecule has 1 fully saturated rings. The summed E-state index contributed by atoms with van der Waals surface area (Å²) in [7, 11) is 0. The van der Waals surface area contributed by atoms with Crippen LogP contribution in [-0.2, 0) is 4.74 Å². The van der Waals surface area contributed by atoms with Crippen molar-refractivity contribution in [3.63, 3.8) is 0 Å². The van der Waals surface area contributed by atoms with Crippen molar-refractivity contribution in [1.82, 2.24) is 5.32 Å². The van der Waals surface area contributed by atoms with Gasteiger partial charge in [-0.2, -0.15) is 0 Å². The maximum absolute atomic E-state index is 12.2. The van der Waals surface area contributed by atoms with E-state index in [-0.39, 0.29) is 11.9 Å². The molecule has 2 N–H and O–H groups in total. The first-order chi connectivity index (χ1) is 8.81. The topological polar surface area (TPSA) is 50.4 Å². The van der Waals surface area contributed by atoms with E-state index in [1.54, 1.807) is 0 Å². The Morgan fingerprint density at radius 2 is 2.28 bits per heavy atom. The Bertz CT molecular complexity index is 401.